The fourth-order valence-electron chi connectivity index (χ4n) is 3.53. The van der Waals surface area contributed by atoms with E-state index in [1.54, 1.807) is 16.0 Å². The van der Waals surface area contributed by atoms with Crippen molar-refractivity contribution < 1.29 is 9.59 Å². The number of aromatic nitrogens is 2. The van der Waals surface area contributed by atoms with Crippen molar-refractivity contribution in [2.75, 3.05) is 11.4 Å². The number of carbonyl (C=O) groups is 2. The number of anilines is 1. The van der Waals surface area contributed by atoms with Crippen molar-refractivity contribution in [3.63, 3.8) is 0 Å². The first kappa shape index (κ1) is 15.7. The van der Waals surface area contributed by atoms with Crippen LogP contribution in [0.1, 0.15) is 28.8 Å². The molecule has 0 aliphatic carbocycles. The van der Waals surface area contributed by atoms with Crippen LogP contribution in [0.2, 0.25) is 0 Å². The van der Waals surface area contributed by atoms with Gasteiger partial charge in [0.1, 0.15) is 6.33 Å². The Morgan fingerprint density at radius 1 is 1.20 bits per heavy atom. The molecular weight excluding hydrogens is 316 g/mol. The molecule has 2 aliphatic rings. The van der Waals surface area contributed by atoms with Gasteiger partial charge in [-0.05, 0) is 37.1 Å². The number of amides is 2. The molecule has 6 heteroatoms. The van der Waals surface area contributed by atoms with Crippen molar-refractivity contribution in [2.45, 2.75) is 33.4 Å². The molecule has 1 fully saturated rings. The smallest absolute Gasteiger partial charge is 0.228 e. The molecule has 0 radical (unpaired) electrons. The van der Waals surface area contributed by atoms with Gasteiger partial charge in [-0.1, -0.05) is 6.07 Å². The molecule has 0 N–H and O–H groups in total. The van der Waals surface area contributed by atoms with Gasteiger partial charge >= 0.3 is 0 Å². The fraction of sp³-hybridized carbons (Fsp3) is 0.368. The Morgan fingerprint density at radius 2 is 2.04 bits per heavy atom. The number of benzene rings is 1. The molecule has 0 saturated carbocycles. The highest BCUT2D eigenvalue weighted by molar-refractivity contribution is 6.00. The van der Waals surface area contributed by atoms with E-state index in [4.69, 9.17) is 0 Å². The normalized spacial score (nSPS) is 19.4. The van der Waals surface area contributed by atoms with Gasteiger partial charge in [-0.2, -0.15) is 0 Å². The third kappa shape index (κ3) is 2.77. The molecule has 1 atom stereocenters. The zero-order chi connectivity index (χ0) is 17.6. The first-order valence-corrected chi connectivity index (χ1v) is 8.47. The molecule has 4 rings (SSSR count). The summed E-state index contributed by atoms with van der Waals surface area (Å²) in [7, 11) is 0. The average molecular weight is 336 g/mol. The number of aryl methyl sites for hydroxylation is 2. The van der Waals surface area contributed by atoms with Crippen molar-refractivity contribution in [3.05, 3.63) is 53.1 Å². The Labute approximate surface area is 146 Å². The van der Waals surface area contributed by atoms with Crippen molar-refractivity contribution in [3.8, 4) is 0 Å². The van der Waals surface area contributed by atoms with Crippen LogP contribution in [0.3, 0.4) is 0 Å². The number of hydrogen-bond donors (Lipinski definition) is 0. The summed E-state index contributed by atoms with van der Waals surface area (Å²) in [6.45, 7) is 5.56. The van der Waals surface area contributed by atoms with Crippen molar-refractivity contribution in [1.29, 1.82) is 0 Å². The fourth-order valence-corrected chi connectivity index (χ4v) is 3.53. The van der Waals surface area contributed by atoms with E-state index < -0.39 is 0 Å². The molecule has 3 heterocycles. The molecule has 1 aromatic carbocycles. The second kappa shape index (κ2) is 5.95. The van der Waals surface area contributed by atoms with Crippen molar-refractivity contribution >= 4 is 17.5 Å². The summed E-state index contributed by atoms with van der Waals surface area (Å²) < 4.78 is 0. The molecule has 1 aromatic heterocycles. The van der Waals surface area contributed by atoms with Crippen molar-refractivity contribution in [2.24, 2.45) is 5.92 Å². The maximum atomic E-state index is 12.9. The molecule has 2 aliphatic heterocycles. The van der Waals surface area contributed by atoms with Crippen LogP contribution < -0.4 is 4.90 Å². The predicted octanol–water partition coefficient (Wildman–Crippen LogP) is 1.99. The standard InChI is InChI=1S/C19H20N4O2/c1-12-3-4-16(5-13(12)2)23-9-14(6-18(23)24)19(25)22-8-15-7-20-11-21-17(15)10-22/h3-5,7,11,14H,6,8-10H2,1-2H3/t14-/m0/s1. The van der Waals surface area contributed by atoms with Gasteiger partial charge in [-0.15, -0.1) is 0 Å². The zero-order valence-corrected chi connectivity index (χ0v) is 14.4. The lowest BCUT2D eigenvalue weighted by Crippen LogP contribution is -2.34. The molecular formula is C19H20N4O2. The molecule has 0 spiro atoms. The van der Waals surface area contributed by atoms with E-state index in [-0.39, 0.29) is 24.2 Å². The quantitative estimate of drug-likeness (QED) is 0.841. The van der Waals surface area contributed by atoms with Crippen LogP contribution in [0.4, 0.5) is 5.69 Å². The first-order chi connectivity index (χ1) is 12.0. The van der Waals surface area contributed by atoms with Crippen LogP contribution in [0.15, 0.2) is 30.7 Å². The number of nitrogens with zero attached hydrogens (tertiary/aromatic N) is 4. The SMILES string of the molecule is Cc1ccc(N2C[C@@H](C(=O)N3Cc4cncnc4C3)CC2=O)cc1C. The summed E-state index contributed by atoms with van der Waals surface area (Å²) in [6.07, 6.45) is 3.54. The monoisotopic (exact) mass is 336 g/mol. The molecule has 128 valence electrons. The highest BCUT2D eigenvalue weighted by atomic mass is 16.2. The van der Waals surface area contributed by atoms with E-state index in [9.17, 15) is 9.59 Å². The van der Waals surface area contributed by atoms with E-state index in [1.807, 2.05) is 32.0 Å². The largest absolute Gasteiger partial charge is 0.332 e. The molecule has 6 nitrogen and oxygen atoms in total. The van der Waals surface area contributed by atoms with Crippen LogP contribution in [0.5, 0.6) is 0 Å². The summed E-state index contributed by atoms with van der Waals surface area (Å²) >= 11 is 0. The van der Waals surface area contributed by atoms with Gasteiger partial charge in [0, 0.05) is 37.0 Å². The summed E-state index contributed by atoms with van der Waals surface area (Å²) in [4.78, 5) is 37.1. The van der Waals surface area contributed by atoms with Crippen LogP contribution in [-0.2, 0) is 22.7 Å². The Kier molecular flexibility index (Phi) is 3.75. The summed E-state index contributed by atoms with van der Waals surface area (Å²) in [5.41, 5.74) is 5.11. The van der Waals surface area contributed by atoms with Crippen LogP contribution in [0.25, 0.3) is 0 Å². The minimum absolute atomic E-state index is 0.0121. The Hall–Kier alpha value is -2.76. The summed E-state index contributed by atoms with van der Waals surface area (Å²) in [5.74, 6) is -0.257. The summed E-state index contributed by atoms with van der Waals surface area (Å²) in [6, 6.07) is 5.98. The van der Waals surface area contributed by atoms with Gasteiger partial charge in [-0.25, -0.2) is 9.97 Å². The number of rotatable bonds is 2. The Bertz CT molecular complexity index is 839. The Morgan fingerprint density at radius 3 is 2.80 bits per heavy atom. The minimum atomic E-state index is -0.295. The highest BCUT2D eigenvalue weighted by Crippen LogP contribution is 2.30. The van der Waals surface area contributed by atoms with Crippen LogP contribution in [-0.4, -0.2) is 33.2 Å². The lowest BCUT2D eigenvalue weighted by Gasteiger charge is -2.21. The van der Waals surface area contributed by atoms with Crippen LogP contribution in [0, 0.1) is 19.8 Å². The van der Waals surface area contributed by atoms with Gasteiger partial charge in [-0.3, -0.25) is 9.59 Å². The Balaban J connectivity index is 1.49. The first-order valence-electron chi connectivity index (χ1n) is 8.47. The molecule has 2 amide bonds. The minimum Gasteiger partial charge on any atom is -0.332 e. The van der Waals surface area contributed by atoms with Crippen LogP contribution >= 0.6 is 0 Å². The maximum Gasteiger partial charge on any atom is 0.228 e. The zero-order valence-electron chi connectivity index (χ0n) is 14.4. The van der Waals surface area contributed by atoms with E-state index in [0.29, 0.717) is 19.6 Å². The molecule has 0 unspecified atom stereocenters. The van der Waals surface area contributed by atoms with Crippen molar-refractivity contribution in [1.82, 2.24) is 14.9 Å². The van der Waals surface area contributed by atoms with Gasteiger partial charge in [0.15, 0.2) is 0 Å². The molecule has 2 aromatic rings. The summed E-state index contributed by atoms with van der Waals surface area (Å²) in [5, 5.41) is 0. The van der Waals surface area contributed by atoms with Gasteiger partial charge < -0.3 is 9.80 Å². The van der Waals surface area contributed by atoms with E-state index in [2.05, 4.69) is 9.97 Å². The van der Waals surface area contributed by atoms with Gasteiger partial charge in [0.05, 0.1) is 18.2 Å². The lowest BCUT2D eigenvalue weighted by molar-refractivity contribution is -0.136. The lowest BCUT2D eigenvalue weighted by atomic mass is 10.1. The third-order valence-corrected chi connectivity index (χ3v) is 5.17. The molecule has 0 bridgehead atoms. The van der Waals surface area contributed by atoms with Gasteiger partial charge in [0.2, 0.25) is 11.8 Å². The predicted molar refractivity (Wildman–Crippen MR) is 92.7 cm³/mol. The second-order valence-electron chi connectivity index (χ2n) is 6.86. The topological polar surface area (TPSA) is 66.4 Å². The van der Waals surface area contributed by atoms with E-state index >= 15 is 0 Å². The third-order valence-electron chi connectivity index (χ3n) is 5.17. The highest BCUT2D eigenvalue weighted by Gasteiger charge is 2.38. The molecule has 25 heavy (non-hydrogen) atoms. The number of fused-ring (bicyclic) bond motifs is 1. The average Bonchev–Trinajstić information content (AvgIpc) is 3.20. The maximum absolute atomic E-state index is 12.9. The van der Waals surface area contributed by atoms with E-state index in [0.717, 1.165) is 22.5 Å². The van der Waals surface area contributed by atoms with Gasteiger partial charge in [0.25, 0.3) is 0 Å². The number of hydrogen-bond acceptors (Lipinski definition) is 4. The van der Waals surface area contributed by atoms with E-state index in [1.165, 1.54) is 11.9 Å². The second-order valence-corrected chi connectivity index (χ2v) is 6.86. The number of carbonyl (C=O) groups excluding carboxylic acids is 2. The molecule has 1 saturated heterocycles.